The number of hydrogen-bond donors (Lipinski definition) is 1. The highest BCUT2D eigenvalue weighted by Gasteiger charge is 2.43. The number of carbonyl (C=O) groups is 1. The zero-order valence-electron chi connectivity index (χ0n) is 20.3. The Morgan fingerprint density at radius 3 is 2.58 bits per heavy atom. The molecule has 198 valence electrons. The van der Waals surface area contributed by atoms with Crippen LogP contribution in [0.2, 0.25) is 0 Å². The molecule has 11 heteroatoms. The van der Waals surface area contributed by atoms with Crippen molar-refractivity contribution in [3.63, 3.8) is 0 Å². The molecule has 0 atom stereocenters. The van der Waals surface area contributed by atoms with Gasteiger partial charge in [-0.05, 0) is 59.9 Å². The quantitative estimate of drug-likeness (QED) is 0.382. The summed E-state index contributed by atoms with van der Waals surface area (Å²) >= 11 is 0. The van der Waals surface area contributed by atoms with Crippen molar-refractivity contribution in [1.29, 1.82) is 0 Å². The molecule has 0 unspecified atom stereocenters. The van der Waals surface area contributed by atoms with Crippen LogP contribution >= 0.6 is 0 Å². The SMILES string of the molecule is O=C(N1CCc2ccc(S(=O)(=O)NCCc3cn(Cc4ccccn4)c4ccccc34)cc2C1)C(F)(F)F. The molecule has 4 aromatic rings. The van der Waals surface area contributed by atoms with Crippen LogP contribution < -0.4 is 4.72 Å². The summed E-state index contributed by atoms with van der Waals surface area (Å²) in [5, 5.41) is 1.02. The number of rotatable bonds is 7. The molecule has 0 fully saturated rings. The molecule has 1 aliphatic heterocycles. The van der Waals surface area contributed by atoms with E-state index >= 15 is 0 Å². The molecule has 5 rings (SSSR count). The van der Waals surface area contributed by atoms with E-state index in [2.05, 4.69) is 14.3 Å². The van der Waals surface area contributed by atoms with E-state index in [-0.39, 0.29) is 31.0 Å². The number of carbonyl (C=O) groups excluding carboxylic acids is 1. The Morgan fingerprint density at radius 1 is 1.03 bits per heavy atom. The summed E-state index contributed by atoms with van der Waals surface area (Å²) in [4.78, 5) is 16.7. The van der Waals surface area contributed by atoms with Crippen molar-refractivity contribution in [2.45, 2.75) is 37.0 Å². The monoisotopic (exact) mass is 542 g/mol. The number of nitrogens with zero attached hydrogens (tertiary/aromatic N) is 3. The molecule has 0 saturated heterocycles. The fourth-order valence-corrected chi connectivity index (χ4v) is 5.86. The minimum Gasteiger partial charge on any atom is -0.341 e. The van der Waals surface area contributed by atoms with Crippen LogP contribution in [0.25, 0.3) is 10.9 Å². The maximum atomic E-state index is 13.0. The number of alkyl halides is 3. The van der Waals surface area contributed by atoms with E-state index in [0.717, 1.165) is 27.7 Å². The highest BCUT2D eigenvalue weighted by atomic mass is 32.2. The van der Waals surface area contributed by atoms with Crippen molar-refractivity contribution in [1.82, 2.24) is 19.2 Å². The van der Waals surface area contributed by atoms with Crippen LogP contribution in [-0.2, 0) is 40.7 Å². The number of sulfonamides is 1. The molecule has 3 heterocycles. The second-order valence-electron chi connectivity index (χ2n) is 9.17. The Kier molecular flexibility index (Phi) is 6.97. The van der Waals surface area contributed by atoms with Gasteiger partial charge in [-0.3, -0.25) is 9.78 Å². The molecule has 7 nitrogen and oxygen atoms in total. The number of nitrogens with one attached hydrogen (secondary N) is 1. The topological polar surface area (TPSA) is 84.3 Å². The number of aromatic nitrogens is 2. The van der Waals surface area contributed by atoms with Gasteiger partial charge in [0.15, 0.2) is 0 Å². The lowest BCUT2D eigenvalue weighted by atomic mass is 10.00. The highest BCUT2D eigenvalue weighted by molar-refractivity contribution is 7.89. The van der Waals surface area contributed by atoms with Crippen LogP contribution in [-0.4, -0.2) is 48.0 Å². The third kappa shape index (κ3) is 5.44. The summed E-state index contributed by atoms with van der Waals surface area (Å²) in [6.45, 7) is 0.363. The first-order valence-corrected chi connectivity index (χ1v) is 13.5. The van der Waals surface area contributed by atoms with Gasteiger partial charge in [-0.1, -0.05) is 30.3 Å². The third-order valence-corrected chi connectivity index (χ3v) is 8.10. The van der Waals surface area contributed by atoms with E-state index in [1.54, 1.807) is 12.3 Å². The molecule has 0 spiro atoms. The Hall–Kier alpha value is -3.70. The minimum atomic E-state index is -4.97. The molecular formula is C27H25F3N4O3S. The van der Waals surface area contributed by atoms with E-state index < -0.39 is 22.1 Å². The lowest BCUT2D eigenvalue weighted by molar-refractivity contribution is -0.186. The number of para-hydroxylation sites is 1. The lowest BCUT2D eigenvalue weighted by Gasteiger charge is -2.29. The van der Waals surface area contributed by atoms with Crippen molar-refractivity contribution < 1.29 is 26.4 Å². The van der Waals surface area contributed by atoms with E-state index in [4.69, 9.17) is 0 Å². The maximum Gasteiger partial charge on any atom is 0.471 e. The maximum absolute atomic E-state index is 13.0. The zero-order chi connectivity index (χ0) is 26.9. The van der Waals surface area contributed by atoms with Crippen molar-refractivity contribution in [3.8, 4) is 0 Å². The van der Waals surface area contributed by atoms with Gasteiger partial charge in [-0.25, -0.2) is 13.1 Å². The molecule has 0 radical (unpaired) electrons. The molecule has 0 bridgehead atoms. The van der Waals surface area contributed by atoms with E-state index in [1.165, 1.54) is 12.1 Å². The second kappa shape index (κ2) is 10.2. The Labute approximate surface area is 218 Å². The fourth-order valence-electron chi connectivity index (χ4n) is 4.78. The van der Waals surface area contributed by atoms with E-state index in [0.29, 0.717) is 23.4 Å². The van der Waals surface area contributed by atoms with Crippen LogP contribution in [0.1, 0.15) is 22.4 Å². The molecule has 2 aromatic carbocycles. The molecular weight excluding hydrogens is 517 g/mol. The van der Waals surface area contributed by atoms with Gasteiger partial charge in [0, 0.05) is 42.9 Å². The van der Waals surface area contributed by atoms with Gasteiger partial charge in [0.25, 0.3) is 0 Å². The smallest absolute Gasteiger partial charge is 0.341 e. The number of pyridine rings is 1. The van der Waals surface area contributed by atoms with Gasteiger partial charge < -0.3 is 9.47 Å². The van der Waals surface area contributed by atoms with Crippen LogP contribution in [0.4, 0.5) is 13.2 Å². The molecule has 2 aromatic heterocycles. The van der Waals surface area contributed by atoms with Crippen LogP contribution in [0.3, 0.4) is 0 Å². The number of hydrogen-bond acceptors (Lipinski definition) is 4. The fraction of sp³-hybridized carbons (Fsp3) is 0.259. The molecule has 38 heavy (non-hydrogen) atoms. The molecule has 0 saturated carbocycles. The first-order chi connectivity index (χ1) is 18.1. The summed E-state index contributed by atoms with van der Waals surface area (Å²) in [7, 11) is -3.92. The largest absolute Gasteiger partial charge is 0.471 e. The van der Waals surface area contributed by atoms with Gasteiger partial charge in [-0.2, -0.15) is 13.2 Å². The summed E-state index contributed by atoms with van der Waals surface area (Å²) in [6, 6.07) is 18.0. The molecule has 1 aliphatic rings. The third-order valence-electron chi connectivity index (χ3n) is 6.65. The van der Waals surface area contributed by atoms with Crippen LogP contribution in [0, 0.1) is 0 Å². The molecule has 1 N–H and O–H groups in total. The number of benzene rings is 2. The number of amides is 1. The van der Waals surface area contributed by atoms with Gasteiger partial charge >= 0.3 is 12.1 Å². The Morgan fingerprint density at radius 2 is 1.82 bits per heavy atom. The van der Waals surface area contributed by atoms with E-state index in [1.807, 2.05) is 48.7 Å². The van der Waals surface area contributed by atoms with Crippen molar-refractivity contribution in [2.24, 2.45) is 0 Å². The molecule has 1 amide bonds. The van der Waals surface area contributed by atoms with Gasteiger partial charge in [0.2, 0.25) is 10.0 Å². The lowest BCUT2D eigenvalue weighted by Crippen LogP contribution is -2.43. The number of fused-ring (bicyclic) bond motifs is 2. The highest BCUT2D eigenvalue weighted by Crippen LogP contribution is 2.27. The minimum absolute atomic E-state index is 0.0462. The summed E-state index contributed by atoms with van der Waals surface area (Å²) in [5.41, 5.74) is 4.03. The van der Waals surface area contributed by atoms with Crippen molar-refractivity contribution in [3.05, 3.63) is 95.4 Å². The number of halogens is 3. The second-order valence-corrected chi connectivity index (χ2v) is 10.9. The average Bonchev–Trinajstić information content (AvgIpc) is 3.24. The average molecular weight is 543 g/mol. The summed E-state index contributed by atoms with van der Waals surface area (Å²) in [5.74, 6) is -1.92. The first kappa shape index (κ1) is 25.9. The standard InChI is InChI=1S/C27H25F3N4O3S/c28-27(29,30)26(35)33-14-11-19-8-9-23(15-21(19)17-33)38(36,37)32-13-10-20-16-34(18-22-5-3-4-12-31-22)25-7-2-1-6-24(20)25/h1-9,12,15-16,32H,10-11,13-14,17-18H2. The van der Waals surface area contributed by atoms with Gasteiger partial charge in [-0.15, -0.1) is 0 Å². The van der Waals surface area contributed by atoms with Crippen LogP contribution in [0.15, 0.2) is 78.0 Å². The predicted octanol–water partition coefficient (Wildman–Crippen LogP) is 4.05. The summed E-state index contributed by atoms with van der Waals surface area (Å²) < 4.78 is 69.3. The normalized spacial score (nSPS) is 14.0. The van der Waals surface area contributed by atoms with Crippen molar-refractivity contribution >= 4 is 26.8 Å². The Bertz CT molecular complexity index is 1580. The van der Waals surface area contributed by atoms with Crippen LogP contribution in [0.5, 0.6) is 0 Å². The first-order valence-electron chi connectivity index (χ1n) is 12.1. The predicted molar refractivity (Wildman–Crippen MR) is 136 cm³/mol. The summed E-state index contributed by atoms with van der Waals surface area (Å²) in [6.07, 6.45) is -0.563. The Balaban J connectivity index is 1.29. The van der Waals surface area contributed by atoms with Gasteiger partial charge in [0.05, 0.1) is 17.1 Å². The van der Waals surface area contributed by atoms with Gasteiger partial charge in [0.1, 0.15) is 0 Å². The van der Waals surface area contributed by atoms with E-state index in [9.17, 15) is 26.4 Å². The zero-order valence-corrected chi connectivity index (χ0v) is 21.1. The molecule has 0 aliphatic carbocycles. The van der Waals surface area contributed by atoms with Crippen molar-refractivity contribution in [2.75, 3.05) is 13.1 Å².